The summed E-state index contributed by atoms with van der Waals surface area (Å²) in [5, 5.41) is 24.7. The third-order valence-corrected chi connectivity index (χ3v) is 4.33. The molecule has 0 heterocycles. The molecule has 1 rings (SSSR count). The lowest BCUT2D eigenvalue weighted by Crippen LogP contribution is -2.41. The molecule has 19 heavy (non-hydrogen) atoms. The Kier molecular flexibility index (Phi) is 6.58. The second kappa shape index (κ2) is 7.70. The highest BCUT2D eigenvalue weighted by atomic mass is 16.4. The minimum absolute atomic E-state index is 0.265. The molecule has 0 spiro atoms. The van der Waals surface area contributed by atoms with Crippen molar-refractivity contribution in [1.82, 2.24) is 5.32 Å². The normalized spacial score (nSPS) is 25.5. The van der Waals surface area contributed by atoms with Crippen molar-refractivity contribution in [2.75, 3.05) is 13.2 Å². The number of nitrogens with two attached hydrogens (primary N) is 1. The van der Waals surface area contributed by atoms with Crippen LogP contribution in [0.3, 0.4) is 0 Å². The number of amidine groups is 1. The number of rotatable bonds is 7. The van der Waals surface area contributed by atoms with Crippen LogP contribution >= 0.6 is 0 Å². The van der Waals surface area contributed by atoms with Crippen molar-refractivity contribution in [1.29, 1.82) is 0 Å². The lowest BCUT2D eigenvalue weighted by atomic mass is 9.84. The maximum atomic E-state index is 9.35. The van der Waals surface area contributed by atoms with E-state index in [-0.39, 0.29) is 12.0 Å². The molecule has 2 unspecified atom stereocenters. The molecule has 0 aromatic carbocycles. The predicted molar refractivity (Wildman–Crippen MR) is 77.3 cm³/mol. The van der Waals surface area contributed by atoms with Gasteiger partial charge in [0, 0.05) is 18.1 Å². The van der Waals surface area contributed by atoms with Gasteiger partial charge in [-0.15, -0.1) is 0 Å². The number of aliphatic hydroxyl groups is 1. The standard InChI is InChI=1S/C14H29N3O2/c1-14(2,13(15)17-19)8-5-9-16-12-7-4-3-6-11(12)10-18/h11-12,16,18-19H,3-10H2,1-2H3,(H2,15,17). The maximum absolute atomic E-state index is 9.35. The van der Waals surface area contributed by atoms with Gasteiger partial charge in [0.15, 0.2) is 0 Å². The number of oxime groups is 1. The van der Waals surface area contributed by atoms with Gasteiger partial charge in [-0.2, -0.15) is 0 Å². The molecule has 5 nitrogen and oxygen atoms in total. The molecule has 1 aliphatic rings. The van der Waals surface area contributed by atoms with Crippen LogP contribution in [0.1, 0.15) is 52.4 Å². The van der Waals surface area contributed by atoms with Gasteiger partial charge in [0.25, 0.3) is 0 Å². The Bertz CT molecular complexity index is 292. The molecule has 0 aliphatic heterocycles. The Morgan fingerprint density at radius 2 is 2.05 bits per heavy atom. The van der Waals surface area contributed by atoms with Crippen molar-refractivity contribution in [3.63, 3.8) is 0 Å². The predicted octanol–water partition coefficient (Wildman–Crippen LogP) is 1.68. The molecule has 112 valence electrons. The van der Waals surface area contributed by atoms with Gasteiger partial charge in [0.1, 0.15) is 5.84 Å². The molecule has 0 amide bonds. The first-order valence-electron chi connectivity index (χ1n) is 7.33. The quantitative estimate of drug-likeness (QED) is 0.186. The number of aliphatic hydroxyl groups excluding tert-OH is 1. The highest BCUT2D eigenvalue weighted by molar-refractivity contribution is 5.85. The van der Waals surface area contributed by atoms with Crippen molar-refractivity contribution in [3.05, 3.63) is 0 Å². The second-order valence-electron chi connectivity index (χ2n) is 6.26. The summed E-state index contributed by atoms with van der Waals surface area (Å²) < 4.78 is 0. The molecule has 1 saturated carbocycles. The van der Waals surface area contributed by atoms with Gasteiger partial charge in [0.05, 0.1) is 0 Å². The highest BCUT2D eigenvalue weighted by Crippen LogP contribution is 2.25. The third kappa shape index (κ3) is 4.99. The molecule has 2 atom stereocenters. The van der Waals surface area contributed by atoms with Crippen molar-refractivity contribution in [2.24, 2.45) is 22.2 Å². The third-order valence-electron chi connectivity index (χ3n) is 4.33. The zero-order valence-electron chi connectivity index (χ0n) is 12.2. The van der Waals surface area contributed by atoms with E-state index in [9.17, 15) is 5.11 Å². The molecule has 1 fully saturated rings. The van der Waals surface area contributed by atoms with Crippen molar-refractivity contribution < 1.29 is 10.3 Å². The van der Waals surface area contributed by atoms with Crippen LogP contribution < -0.4 is 11.1 Å². The van der Waals surface area contributed by atoms with E-state index in [1.54, 1.807) is 0 Å². The fourth-order valence-corrected chi connectivity index (χ4v) is 2.78. The average molecular weight is 271 g/mol. The summed E-state index contributed by atoms with van der Waals surface area (Å²) in [7, 11) is 0. The van der Waals surface area contributed by atoms with E-state index in [0.717, 1.165) is 32.2 Å². The van der Waals surface area contributed by atoms with E-state index in [0.29, 0.717) is 17.8 Å². The first-order chi connectivity index (χ1) is 9.01. The van der Waals surface area contributed by atoms with Crippen LogP contribution in [0, 0.1) is 11.3 Å². The largest absolute Gasteiger partial charge is 0.409 e. The Morgan fingerprint density at radius 1 is 1.37 bits per heavy atom. The Hall–Kier alpha value is -0.810. The Balaban J connectivity index is 2.26. The van der Waals surface area contributed by atoms with Crippen LogP contribution in [-0.2, 0) is 0 Å². The summed E-state index contributed by atoms with van der Waals surface area (Å²) in [6, 6.07) is 0.450. The summed E-state index contributed by atoms with van der Waals surface area (Å²) in [6.45, 7) is 5.18. The molecule has 1 aliphatic carbocycles. The van der Waals surface area contributed by atoms with Crippen molar-refractivity contribution in [3.8, 4) is 0 Å². The van der Waals surface area contributed by atoms with E-state index in [1.165, 1.54) is 12.8 Å². The van der Waals surface area contributed by atoms with Gasteiger partial charge in [-0.25, -0.2) is 0 Å². The molecule has 0 radical (unpaired) electrons. The molecule has 0 aromatic heterocycles. The van der Waals surface area contributed by atoms with Gasteiger partial charge >= 0.3 is 0 Å². The van der Waals surface area contributed by atoms with Gasteiger partial charge < -0.3 is 21.4 Å². The van der Waals surface area contributed by atoms with E-state index in [4.69, 9.17) is 10.9 Å². The summed E-state index contributed by atoms with van der Waals surface area (Å²) >= 11 is 0. The van der Waals surface area contributed by atoms with Crippen LogP contribution in [0.4, 0.5) is 0 Å². The summed E-state index contributed by atoms with van der Waals surface area (Å²) in [5.41, 5.74) is 5.40. The molecule has 0 aromatic rings. The Morgan fingerprint density at radius 3 is 2.68 bits per heavy atom. The van der Waals surface area contributed by atoms with Crippen LogP contribution in [-0.4, -0.2) is 35.3 Å². The first kappa shape index (κ1) is 16.2. The smallest absolute Gasteiger partial charge is 0.144 e. The van der Waals surface area contributed by atoms with Gasteiger partial charge in [-0.3, -0.25) is 0 Å². The number of nitrogens with zero attached hydrogens (tertiary/aromatic N) is 1. The molecular formula is C14H29N3O2. The highest BCUT2D eigenvalue weighted by Gasteiger charge is 2.25. The minimum Gasteiger partial charge on any atom is -0.409 e. The van der Waals surface area contributed by atoms with Crippen molar-refractivity contribution >= 4 is 5.84 Å². The summed E-state index contributed by atoms with van der Waals surface area (Å²) in [4.78, 5) is 0. The van der Waals surface area contributed by atoms with Gasteiger partial charge in [-0.05, 0) is 38.1 Å². The average Bonchev–Trinajstić information content (AvgIpc) is 2.43. The van der Waals surface area contributed by atoms with Crippen LogP contribution in [0.15, 0.2) is 5.16 Å². The zero-order chi connectivity index (χ0) is 14.3. The molecule has 0 saturated heterocycles. The SMILES string of the molecule is CC(C)(CCCNC1CCCCC1CO)C(N)=NO. The molecule has 5 heteroatoms. The minimum atomic E-state index is -0.265. The first-order valence-corrected chi connectivity index (χ1v) is 7.33. The monoisotopic (exact) mass is 271 g/mol. The van der Waals surface area contributed by atoms with Gasteiger partial charge in [-0.1, -0.05) is 31.8 Å². The lowest BCUT2D eigenvalue weighted by molar-refractivity contribution is 0.152. The molecule has 5 N–H and O–H groups in total. The van der Waals surface area contributed by atoms with E-state index >= 15 is 0 Å². The van der Waals surface area contributed by atoms with Gasteiger partial charge in [0.2, 0.25) is 0 Å². The second-order valence-corrected chi connectivity index (χ2v) is 6.26. The fourth-order valence-electron chi connectivity index (χ4n) is 2.78. The van der Waals surface area contributed by atoms with E-state index in [1.807, 2.05) is 13.8 Å². The van der Waals surface area contributed by atoms with E-state index < -0.39 is 0 Å². The van der Waals surface area contributed by atoms with Crippen LogP contribution in [0.2, 0.25) is 0 Å². The summed E-state index contributed by atoms with van der Waals surface area (Å²) in [6.07, 6.45) is 6.65. The summed E-state index contributed by atoms with van der Waals surface area (Å²) in [5.74, 6) is 0.698. The Labute approximate surface area is 116 Å². The topological polar surface area (TPSA) is 90.9 Å². The molecule has 0 bridgehead atoms. The fraction of sp³-hybridized carbons (Fsp3) is 0.929. The maximum Gasteiger partial charge on any atom is 0.144 e. The number of hydrogen-bond donors (Lipinski definition) is 4. The van der Waals surface area contributed by atoms with Crippen molar-refractivity contribution in [2.45, 2.75) is 58.4 Å². The number of nitrogens with one attached hydrogen (secondary N) is 1. The van der Waals surface area contributed by atoms with E-state index in [2.05, 4.69) is 10.5 Å². The molecular weight excluding hydrogens is 242 g/mol. The lowest BCUT2D eigenvalue weighted by Gasteiger charge is -2.31. The number of hydrogen-bond acceptors (Lipinski definition) is 4. The zero-order valence-corrected chi connectivity index (χ0v) is 12.2. The van der Waals surface area contributed by atoms with Crippen LogP contribution in [0.5, 0.6) is 0 Å². The van der Waals surface area contributed by atoms with Crippen LogP contribution in [0.25, 0.3) is 0 Å².